The highest BCUT2D eigenvalue weighted by molar-refractivity contribution is 5.86. The predicted octanol–water partition coefficient (Wildman–Crippen LogP) is 5.86. The lowest BCUT2D eigenvalue weighted by Crippen LogP contribution is -2.15. The van der Waals surface area contributed by atoms with Crippen molar-refractivity contribution in [3.63, 3.8) is 0 Å². The van der Waals surface area contributed by atoms with Crippen molar-refractivity contribution in [1.82, 2.24) is 0 Å². The lowest BCUT2D eigenvalue weighted by molar-refractivity contribution is 0.0640. The number of para-hydroxylation sites is 2. The summed E-state index contributed by atoms with van der Waals surface area (Å²) in [7, 11) is 0. The number of aliphatic imine (C=N–C) groups is 2. The molecule has 10 heteroatoms. The van der Waals surface area contributed by atoms with Gasteiger partial charge in [-0.15, -0.1) is 0 Å². The van der Waals surface area contributed by atoms with Crippen molar-refractivity contribution in [1.29, 1.82) is 0 Å². The summed E-state index contributed by atoms with van der Waals surface area (Å²) in [6.07, 6.45) is 3.20. The first-order valence-electron chi connectivity index (χ1n) is 14.2. The highest BCUT2D eigenvalue weighted by Gasteiger charge is 2.10. The maximum atomic E-state index is 10.0. The summed E-state index contributed by atoms with van der Waals surface area (Å²) < 4.78 is 35.3. The van der Waals surface area contributed by atoms with Crippen molar-refractivity contribution in [3.05, 3.63) is 96.1 Å². The molecule has 1 aliphatic heterocycles. The smallest absolute Gasteiger partial charge is 0.163 e. The molecule has 0 fully saturated rings. The number of fused-ring (bicyclic) bond motifs is 2. The van der Waals surface area contributed by atoms with Gasteiger partial charge in [0.05, 0.1) is 37.8 Å². The predicted molar refractivity (Wildman–Crippen MR) is 167 cm³/mol. The Bertz CT molecular complexity index is 1460. The lowest BCUT2D eigenvalue weighted by atomic mass is 10.2. The Morgan fingerprint density at radius 1 is 0.455 bits per heavy atom. The van der Waals surface area contributed by atoms with E-state index in [4.69, 9.17) is 28.4 Å². The Morgan fingerprint density at radius 2 is 0.841 bits per heavy atom. The first-order valence-corrected chi connectivity index (χ1v) is 14.2. The summed E-state index contributed by atoms with van der Waals surface area (Å²) in [5.74, 6) is 2.47. The van der Waals surface area contributed by atoms with E-state index in [1.807, 2.05) is 24.3 Å². The molecule has 0 saturated heterocycles. The van der Waals surface area contributed by atoms with E-state index < -0.39 is 0 Å². The van der Waals surface area contributed by atoms with Gasteiger partial charge in [0.15, 0.2) is 23.0 Å². The molecule has 0 bridgehead atoms. The monoisotopic (exact) mass is 598 g/mol. The maximum absolute atomic E-state index is 10.0. The minimum absolute atomic E-state index is 0.155. The zero-order valence-corrected chi connectivity index (χ0v) is 24.1. The quantitative estimate of drug-likeness (QED) is 0.280. The van der Waals surface area contributed by atoms with Crippen LogP contribution in [0.4, 0.5) is 11.4 Å². The van der Waals surface area contributed by atoms with Crippen LogP contribution < -0.4 is 18.9 Å². The number of aromatic hydroxyl groups is 2. The third kappa shape index (κ3) is 8.97. The minimum Gasteiger partial charge on any atom is -0.507 e. The molecule has 44 heavy (non-hydrogen) atoms. The first kappa shape index (κ1) is 30.4. The van der Waals surface area contributed by atoms with Gasteiger partial charge in [0, 0.05) is 35.7 Å². The van der Waals surface area contributed by atoms with Gasteiger partial charge >= 0.3 is 0 Å². The van der Waals surface area contributed by atoms with E-state index in [1.165, 1.54) is 0 Å². The van der Waals surface area contributed by atoms with Gasteiger partial charge in [-0.3, -0.25) is 9.98 Å². The summed E-state index contributed by atoms with van der Waals surface area (Å²) in [4.78, 5) is 8.94. The molecule has 0 spiro atoms. The van der Waals surface area contributed by atoms with Gasteiger partial charge in [0.25, 0.3) is 0 Å². The minimum atomic E-state index is 0.155. The van der Waals surface area contributed by atoms with E-state index >= 15 is 0 Å². The van der Waals surface area contributed by atoms with Crippen molar-refractivity contribution in [2.45, 2.75) is 0 Å². The Hall–Kier alpha value is -5.06. The first-order chi connectivity index (χ1) is 21.7. The normalized spacial score (nSPS) is 15.1. The number of ether oxygens (including phenoxy) is 6. The molecule has 2 N–H and O–H groups in total. The molecule has 0 amide bonds. The van der Waals surface area contributed by atoms with Gasteiger partial charge in [-0.1, -0.05) is 24.3 Å². The van der Waals surface area contributed by atoms with Gasteiger partial charge in [0.2, 0.25) is 0 Å². The average molecular weight is 599 g/mol. The number of hydrogen-bond acceptors (Lipinski definition) is 10. The summed E-state index contributed by atoms with van der Waals surface area (Å²) in [5, 5.41) is 20.0. The summed E-state index contributed by atoms with van der Waals surface area (Å²) >= 11 is 0. The van der Waals surface area contributed by atoms with Crippen molar-refractivity contribution in [2.24, 2.45) is 9.98 Å². The Morgan fingerprint density at radius 3 is 1.25 bits per heavy atom. The van der Waals surface area contributed by atoms with Crippen LogP contribution in [0.15, 0.2) is 94.9 Å². The third-order valence-corrected chi connectivity index (χ3v) is 6.37. The molecule has 0 saturated carbocycles. The molecule has 4 aromatic carbocycles. The molecule has 5 rings (SSSR count). The largest absolute Gasteiger partial charge is 0.507 e. The molecule has 0 aliphatic carbocycles. The van der Waals surface area contributed by atoms with E-state index in [2.05, 4.69) is 9.98 Å². The van der Waals surface area contributed by atoms with Crippen LogP contribution in [0, 0.1) is 0 Å². The maximum Gasteiger partial charge on any atom is 0.163 e. The van der Waals surface area contributed by atoms with Crippen molar-refractivity contribution in [3.8, 4) is 34.5 Å². The summed E-state index contributed by atoms with van der Waals surface area (Å²) in [5.41, 5.74) is 2.51. The Balaban J connectivity index is 1.20. The number of phenols is 2. The van der Waals surface area contributed by atoms with Crippen LogP contribution in [-0.4, -0.2) is 75.5 Å². The number of phenolic OH excluding ortho intramolecular Hbond substituents is 2. The van der Waals surface area contributed by atoms with Crippen LogP contribution in [0.1, 0.15) is 11.1 Å². The third-order valence-electron chi connectivity index (χ3n) is 6.37. The van der Waals surface area contributed by atoms with E-state index in [-0.39, 0.29) is 24.7 Å². The van der Waals surface area contributed by atoms with E-state index in [0.717, 1.165) is 0 Å². The zero-order chi connectivity index (χ0) is 30.4. The fraction of sp³-hybridized carbons (Fsp3) is 0.235. The van der Waals surface area contributed by atoms with E-state index in [0.29, 0.717) is 85.1 Å². The lowest BCUT2D eigenvalue weighted by Gasteiger charge is -2.16. The average Bonchev–Trinajstić information content (AvgIpc) is 3.04. The van der Waals surface area contributed by atoms with Gasteiger partial charge in [-0.25, -0.2) is 0 Å². The molecule has 228 valence electrons. The van der Waals surface area contributed by atoms with E-state index in [9.17, 15) is 10.2 Å². The van der Waals surface area contributed by atoms with Gasteiger partial charge < -0.3 is 38.6 Å². The van der Waals surface area contributed by atoms with Gasteiger partial charge in [0.1, 0.15) is 37.9 Å². The van der Waals surface area contributed by atoms with Crippen molar-refractivity contribution >= 4 is 23.8 Å². The number of benzene rings is 4. The number of hydrogen-bond donors (Lipinski definition) is 2. The van der Waals surface area contributed by atoms with E-state index in [1.54, 1.807) is 73.1 Å². The molecular weight excluding hydrogens is 564 g/mol. The highest BCUT2D eigenvalue weighted by Crippen LogP contribution is 2.33. The van der Waals surface area contributed by atoms with Crippen molar-refractivity contribution in [2.75, 3.05) is 52.9 Å². The second-order valence-corrected chi connectivity index (χ2v) is 9.51. The second-order valence-electron chi connectivity index (χ2n) is 9.51. The summed E-state index contributed by atoms with van der Waals surface area (Å²) in [6.45, 7) is 2.54. The molecule has 1 aliphatic rings. The van der Waals surface area contributed by atoms with Crippen LogP contribution in [0.3, 0.4) is 0 Å². The van der Waals surface area contributed by atoms with Crippen LogP contribution in [-0.2, 0) is 9.47 Å². The molecule has 0 unspecified atom stereocenters. The van der Waals surface area contributed by atoms with Crippen LogP contribution in [0.2, 0.25) is 0 Å². The van der Waals surface area contributed by atoms with Crippen LogP contribution in [0.25, 0.3) is 0 Å². The fourth-order valence-electron chi connectivity index (χ4n) is 4.15. The molecule has 0 aromatic heterocycles. The fourth-order valence-corrected chi connectivity index (χ4v) is 4.15. The van der Waals surface area contributed by atoms with Gasteiger partial charge in [-0.05, 0) is 48.5 Å². The second kappa shape index (κ2) is 16.0. The topological polar surface area (TPSA) is 121 Å². The standard InChI is InChI=1S/C34H34N2O8/c37-29-7-3-1-5-25(29)23-35-27-9-11-31-33(21-27)43-19-15-39-14-18-42-32-12-10-28(36-24-26-6-2-4-8-30(26)38)22-34(32)44-20-16-40-13-17-41-31/h1-12,21-24,37-38H,13-20H2. The Kier molecular flexibility index (Phi) is 11.0. The highest BCUT2D eigenvalue weighted by atomic mass is 16.6. The SMILES string of the molecule is Oc1ccccc1C=Nc1ccc2c(c1)OCCOCCOc1ccc(N=Cc3ccccc3O)cc1OCCOCCO2. The van der Waals surface area contributed by atoms with Crippen LogP contribution >= 0.6 is 0 Å². The molecule has 0 atom stereocenters. The Labute approximate surface area is 255 Å². The van der Waals surface area contributed by atoms with Gasteiger partial charge in [-0.2, -0.15) is 0 Å². The summed E-state index contributed by atoms with van der Waals surface area (Å²) in [6, 6.07) is 24.7. The number of nitrogens with zero attached hydrogens (tertiary/aromatic N) is 2. The molecular formula is C34H34N2O8. The molecule has 1 heterocycles. The molecule has 0 radical (unpaired) electrons. The number of rotatable bonds is 4. The van der Waals surface area contributed by atoms with Crippen molar-refractivity contribution < 1.29 is 38.6 Å². The zero-order valence-electron chi connectivity index (χ0n) is 24.1. The molecule has 10 nitrogen and oxygen atoms in total. The van der Waals surface area contributed by atoms with Crippen LogP contribution in [0.5, 0.6) is 34.5 Å². The molecule has 4 aromatic rings.